The van der Waals surface area contributed by atoms with Crippen LogP contribution in [-0.2, 0) is 14.9 Å². The van der Waals surface area contributed by atoms with Gasteiger partial charge in [0.05, 0.1) is 12.5 Å². The van der Waals surface area contributed by atoms with E-state index in [1.807, 2.05) is 36.4 Å². The van der Waals surface area contributed by atoms with Crippen LogP contribution in [0.4, 0.5) is 0 Å². The van der Waals surface area contributed by atoms with Crippen LogP contribution >= 0.6 is 0 Å². The lowest BCUT2D eigenvalue weighted by molar-refractivity contribution is -0.133. The number of aliphatic hydroxyl groups is 1. The smallest absolute Gasteiger partial charge is 0.341 e. The van der Waals surface area contributed by atoms with Gasteiger partial charge in [0, 0.05) is 11.8 Å². The second-order valence-corrected chi connectivity index (χ2v) is 5.45. The number of hydrogen-bond donors (Lipinski definition) is 1. The molecule has 100 valence electrons. The molecule has 3 heteroatoms. The van der Waals surface area contributed by atoms with Crippen molar-refractivity contribution in [2.75, 3.05) is 7.11 Å². The van der Waals surface area contributed by atoms with Crippen LogP contribution in [0.3, 0.4) is 0 Å². The zero-order chi connectivity index (χ0) is 13.9. The molecule has 3 aliphatic rings. The first kappa shape index (κ1) is 11.5. The lowest BCUT2D eigenvalue weighted by atomic mass is 9.92. The highest BCUT2D eigenvalue weighted by Gasteiger charge is 2.70. The van der Waals surface area contributed by atoms with E-state index in [9.17, 15) is 9.90 Å². The molecule has 0 amide bonds. The number of carbonyl (C=O) groups excluding carboxylic acids is 1. The van der Waals surface area contributed by atoms with Gasteiger partial charge in [0.1, 0.15) is 11.3 Å². The van der Waals surface area contributed by atoms with E-state index in [1.54, 1.807) is 0 Å². The van der Waals surface area contributed by atoms with Crippen LogP contribution in [0, 0.1) is 11.8 Å². The summed E-state index contributed by atoms with van der Waals surface area (Å²) in [6.45, 7) is 0. The minimum atomic E-state index is -0.469. The minimum absolute atomic E-state index is 0.164. The molecule has 1 fully saturated rings. The third-order valence-corrected chi connectivity index (χ3v) is 4.74. The summed E-state index contributed by atoms with van der Waals surface area (Å²) in [4.78, 5) is 12.0. The molecule has 1 aromatic rings. The summed E-state index contributed by atoms with van der Waals surface area (Å²) in [6, 6.07) is 7.71. The van der Waals surface area contributed by atoms with Gasteiger partial charge in [0.15, 0.2) is 0 Å². The van der Waals surface area contributed by atoms with E-state index in [-0.39, 0.29) is 17.6 Å². The predicted molar refractivity (Wildman–Crippen MR) is 74.9 cm³/mol. The van der Waals surface area contributed by atoms with Crippen LogP contribution < -0.4 is 0 Å². The molecule has 4 rings (SSSR count). The average Bonchev–Trinajstić information content (AvgIpc) is 3.09. The van der Waals surface area contributed by atoms with E-state index in [0.29, 0.717) is 5.57 Å². The lowest BCUT2D eigenvalue weighted by Gasteiger charge is -2.12. The quantitative estimate of drug-likeness (QED) is 0.795. The number of hydrogen-bond acceptors (Lipinski definition) is 3. The van der Waals surface area contributed by atoms with Crippen LogP contribution in [0.15, 0.2) is 54.3 Å². The largest absolute Gasteiger partial charge is 0.510 e. The number of allylic oxidation sites excluding steroid dienone is 5. The van der Waals surface area contributed by atoms with Crippen molar-refractivity contribution < 1.29 is 14.6 Å². The van der Waals surface area contributed by atoms with Crippen molar-refractivity contribution in [3.8, 4) is 0 Å². The summed E-state index contributed by atoms with van der Waals surface area (Å²) in [6.07, 6.45) is 8.22. The topological polar surface area (TPSA) is 46.5 Å². The fourth-order valence-electron chi connectivity index (χ4n) is 3.86. The molecule has 3 nitrogen and oxygen atoms in total. The number of methoxy groups -OCH3 is 1. The van der Waals surface area contributed by atoms with E-state index in [2.05, 4.69) is 12.2 Å². The Labute approximate surface area is 116 Å². The average molecular weight is 266 g/mol. The van der Waals surface area contributed by atoms with Gasteiger partial charge in [-0.2, -0.15) is 0 Å². The molecular formula is C17H14O3. The molecule has 0 aliphatic heterocycles. The third-order valence-electron chi connectivity index (χ3n) is 4.74. The van der Waals surface area contributed by atoms with Gasteiger partial charge >= 0.3 is 5.97 Å². The van der Waals surface area contributed by atoms with Crippen molar-refractivity contribution in [2.24, 2.45) is 11.8 Å². The maximum atomic E-state index is 12.0. The third kappa shape index (κ3) is 1.10. The molecule has 20 heavy (non-hydrogen) atoms. The summed E-state index contributed by atoms with van der Waals surface area (Å²) in [5, 5.41) is 10.7. The Morgan fingerprint density at radius 2 is 1.85 bits per heavy atom. The Morgan fingerprint density at radius 3 is 2.50 bits per heavy atom. The number of esters is 1. The molecule has 0 radical (unpaired) electrons. The van der Waals surface area contributed by atoms with E-state index in [4.69, 9.17) is 4.74 Å². The molecule has 0 bridgehead atoms. The predicted octanol–water partition coefficient (Wildman–Crippen LogP) is 2.75. The second-order valence-electron chi connectivity index (χ2n) is 5.45. The van der Waals surface area contributed by atoms with Gasteiger partial charge in [0.25, 0.3) is 0 Å². The molecule has 1 spiro atoms. The lowest BCUT2D eigenvalue weighted by Crippen LogP contribution is -2.12. The van der Waals surface area contributed by atoms with Gasteiger partial charge < -0.3 is 9.84 Å². The van der Waals surface area contributed by atoms with Crippen molar-refractivity contribution in [2.45, 2.75) is 5.41 Å². The molecule has 0 aromatic heterocycles. The fraction of sp³-hybridized carbons (Fsp3) is 0.235. The van der Waals surface area contributed by atoms with Gasteiger partial charge in [-0.25, -0.2) is 4.79 Å². The highest BCUT2D eigenvalue weighted by Crippen LogP contribution is 2.70. The minimum Gasteiger partial charge on any atom is -0.510 e. The first-order chi connectivity index (χ1) is 9.72. The van der Waals surface area contributed by atoms with E-state index in [0.717, 1.165) is 11.1 Å². The maximum Gasteiger partial charge on any atom is 0.341 e. The Balaban J connectivity index is 1.98. The molecule has 0 saturated heterocycles. The monoisotopic (exact) mass is 266 g/mol. The van der Waals surface area contributed by atoms with Crippen LogP contribution in [-0.4, -0.2) is 18.2 Å². The van der Waals surface area contributed by atoms with Gasteiger partial charge in [0.2, 0.25) is 0 Å². The number of benzene rings is 1. The van der Waals surface area contributed by atoms with Crippen molar-refractivity contribution >= 4 is 11.5 Å². The molecule has 1 saturated carbocycles. The van der Waals surface area contributed by atoms with Crippen molar-refractivity contribution in [1.29, 1.82) is 0 Å². The zero-order valence-corrected chi connectivity index (χ0v) is 11.0. The maximum absolute atomic E-state index is 12.0. The van der Waals surface area contributed by atoms with E-state index < -0.39 is 11.4 Å². The number of aliphatic hydroxyl groups excluding tert-OH is 1. The van der Waals surface area contributed by atoms with Crippen molar-refractivity contribution in [1.82, 2.24) is 0 Å². The zero-order valence-electron chi connectivity index (χ0n) is 11.0. The first-order valence-corrected chi connectivity index (χ1v) is 6.69. The summed E-state index contributed by atoms with van der Waals surface area (Å²) in [5.74, 6) is 0.159. The number of carbonyl (C=O) groups is 1. The van der Waals surface area contributed by atoms with Gasteiger partial charge in [-0.15, -0.1) is 0 Å². The van der Waals surface area contributed by atoms with Crippen LogP contribution in [0.5, 0.6) is 0 Å². The van der Waals surface area contributed by atoms with Crippen LogP contribution in [0.2, 0.25) is 0 Å². The van der Waals surface area contributed by atoms with Crippen LogP contribution in [0.1, 0.15) is 11.1 Å². The SMILES string of the molecule is COC(=O)C1=C(O)C2(c3ccccc31)C1C=CC=CC12. The Kier molecular flexibility index (Phi) is 2.09. The highest BCUT2D eigenvalue weighted by atomic mass is 16.5. The molecule has 0 heterocycles. The van der Waals surface area contributed by atoms with Crippen molar-refractivity contribution in [3.05, 3.63) is 65.5 Å². The number of rotatable bonds is 1. The Bertz CT molecular complexity index is 691. The summed E-state index contributed by atoms with van der Waals surface area (Å²) >= 11 is 0. The van der Waals surface area contributed by atoms with Gasteiger partial charge in [-0.3, -0.25) is 0 Å². The van der Waals surface area contributed by atoms with E-state index >= 15 is 0 Å². The highest BCUT2D eigenvalue weighted by molar-refractivity contribution is 6.20. The number of ether oxygens (including phenoxy) is 1. The first-order valence-electron chi connectivity index (χ1n) is 6.69. The number of fused-ring (bicyclic) bond motifs is 5. The van der Waals surface area contributed by atoms with Crippen LogP contribution in [0.25, 0.3) is 5.57 Å². The standard InChI is InChI=1S/C17H14O3/c1-20-16(19)14-10-6-2-3-7-11(10)17(15(14)18)12-8-4-5-9-13(12)17/h2-9,12-13,18H,1H3. The molecule has 2 unspecified atom stereocenters. The molecule has 1 aromatic carbocycles. The Morgan fingerprint density at radius 1 is 1.20 bits per heavy atom. The van der Waals surface area contributed by atoms with Gasteiger partial charge in [-0.05, 0) is 11.1 Å². The molecule has 3 aliphatic carbocycles. The molecule has 2 atom stereocenters. The normalized spacial score (nSPS) is 32.2. The second kappa shape index (κ2) is 3.63. The Hall–Kier alpha value is -2.29. The van der Waals surface area contributed by atoms with Crippen molar-refractivity contribution in [3.63, 3.8) is 0 Å². The summed E-state index contributed by atoms with van der Waals surface area (Å²) < 4.78 is 4.84. The fourth-order valence-corrected chi connectivity index (χ4v) is 3.86. The van der Waals surface area contributed by atoms with E-state index in [1.165, 1.54) is 7.11 Å². The summed E-state index contributed by atoms with van der Waals surface area (Å²) in [5.41, 5.74) is 1.69. The molecular weight excluding hydrogens is 252 g/mol. The van der Waals surface area contributed by atoms with Gasteiger partial charge in [-0.1, -0.05) is 48.6 Å². The summed E-state index contributed by atoms with van der Waals surface area (Å²) in [7, 11) is 1.34. The molecule has 1 N–H and O–H groups in total.